The summed E-state index contributed by atoms with van der Waals surface area (Å²) in [5, 5.41) is 28.2. The lowest BCUT2D eigenvalue weighted by atomic mass is 9.81. The second-order valence-electron chi connectivity index (χ2n) is 5.01. The first kappa shape index (κ1) is 11.9. The van der Waals surface area contributed by atoms with Gasteiger partial charge in [0.15, 0.2) is 0 Å². The van der Waals surface area contributed by atoms with Crippen molar-refractivity contribution in [3.63, 3.8) is 0 Å². The van der Waals surface area contributed by atoms with Gasteiger partial charge < -0.3 is 20.1 Å². The number of aliphatic hydroxyl groups excluding tert-OH is 3. The molecule has 0 spiro atoms. The third-order valence-corrected chi connectivity index (χ3v) is 2.62. The Morgan fingerprint density at radius 1 is 1.21 bits per heavy atom. The van der Waals surface area contributed by atoms with Crippen LogP contribution in [0, 0.1) is 5.41 Å². The first-order chi connectivity index (χ1) is 6.36. The van der Waals surface area contributed by atoms with Crippen LogP contribution < -0.4 is 0 Å². The van der Waals surface area contributed by atoms with Crippen LogP contribution in [0.5, 0.6) is 0 Å². The van der Waals surface area contributed by atoms with E-state index in [1.807, 2.05) is 20.8 Å². The van der Waals surface area contributed by atoms with Gasteiger partial charge in [-0.05, 0) is 5.41 Å². The van der Waals surface area contributed by atoms with Gasteiger partial charge in [0.05, 0.1) is 24.9 Å². The lowest BCUT2D eigenvalue weighted by Crippen LogP contribution is -2.53. The van der Waals surface area contributed by atoms with Crippen molar-refractivity contribution in [2.45, 2.75) is 51.6 Å². The van der Waals surface area contributed by atoms with Crippen molar-refractivity contribution < 1.29 is 20.1 Å². The molecule has 3 N–H and O–H groups in total. The maximum Gasteiger partial charge on any atom is 0.107 e. The number of hydrogen-bond acceptors (Lipinski definition) is 4. The molecule has 0 amide bonds. The van der Waals surface area contributed by atoms with Crippen molar-refractivity contribution in [3.8, 4) is 0 Å². The second kappa shape index (κ2) is 4.14. The van der Waals surface area contributed by atoms with Gasteiger partial charge in [0.25, 0.3) is 0 Å². The quantitative estimate of drug-likeness (QED) is 0.558. The molecule has 1 unspecified atom stereocenters. The van der Waals surface area contributed by atoms with Crippen molar-refractivity contribution in [1.82, 2.24) is 0 Å². The van der Waals surface area contributed by atoms with Crippen molar-refractivity contribution in [2.24, 2.45) is 5.41 Å². The molecule has 4 atom stereocenters. The van der Waals surface area contributed by atoms with Gasteiger partial charge in [0.2, 0.25) is 0 Å². The Morgan fingerprint density at radius 3 is 2.21 bits per heavy atom. The maximum atomic E-state index is 9.72. The van der Waals surface area contributed by atoms with Crippen molar-refractivity contribution in [3.05, 3.63) is 0 Å². The Labute approximate surface area is 84.5 Å². The molecule has 1 saturated heterocycles. The third-order valence-electron chi connectivity index (χ3n) is 2.62. The van der Waals surface area contributed by atoms with Crippen molar-refractivity contribution in [2.75, 3.05) is 6.61 Å². The molecule has 0 radical (unpaired) electrons. The van der Waals surface area contributed by atoms with Gasteiger partial charge in [-0.1, -0.05) is 20.8 Å². The summed E-state index contributed by atoms with van der Waals surface area (Å²) in [6, 6.07) is 0. The summed E-state index contributed by atoms with van der Waals surface area (Å²) in [6.45, 7) is 5.69. The van der Waals surface area contributed by atoms with Gasteiger partial charge in [0, 0.05) is 6.42 Å². The molecule has 4 heteroatoms. The molecular formula is C10H20O4. The minimum absolute atomic E-state index is 0.188. The van der Waals surface area contributed by atoms with Crippen LogP contribution in [0.1, 0.15) is 27.2 Å². The van der Waals surface area contributed by atoms with E-state index >= 15 is 0 Å². The molecule has 4 nitrogen and oxygen atoms in total. The lowest BCUT2D eigenvalue weighted by molar-refractivity contribution is -0.207. The van der Waals surface area contributed by atoms with Gasteiger partial charge in [-0.2, -0.15) is 0 Å². The van der Waals surface area contributed by atoms with Gasteiger partial charge >= 0.3 is 0 Å². The van der Waals surface area contributed by atoms with E-state index in [0.29, 0.717) is 0 Å². The third kappa shape index (κ3) is 2.45. The van der Waals surface area contributed by atoms with Crippen LogP contribution in [-0.2, 0) is 4.74 Å². The number of ether oxygens (including phenoxy) is 1. The molecule has 1 aliphatic rings. The van der Waals surface area contributed by atoms with E-state index in [1.165, 1.54) is 0 Å². The topological polar surface area (TPSA) is 69.9 Å². The SMILES string of the molecule is CC(C)(C)C1O[C@H](CO)[C@@H](O)C[C@H]1O. The normalized spacial score (nSPS) is 39.9. The van der Waals surface area contributed by atoms with Crippen LogP contribution in [0.4, 0.5) is 0 Å². The van der Waals surface area contributed by atoms with Gasteiger partial charge in [0.1, 0.15) is 6.10 Å². The Kier molecular flexibility index (Phi) is 3.53. The number of aliphatic hydroxyl groups is 3. The molecule has 0 aromatic rings. The van der Waals surface area contributed by atoms with E-state index < -0.39 is 18.3 Å². The lowest BCUT2D eigenvalue weighted by Gasteiger charge is -2.42. The number of rotatable bonds is 1. The van der Waals surface area contributed by atoms with Crippen LogP contribution in [0.15, 0.2) is 0 Å². The largest absolute Gasteiger partial charge is 0.394 e. The van der Waals surface area contributed by atoms with E-state index in [9.17, 15) is 10.2 Å². The molecule has 0 aliphatic carbocycles. The van der Waals surface area contributed by atoms with Crippen LogP contribution in [0.25, 0.3) is 0 Å². The predicted molar refractivity (Wildman–Crippen MR) is 51.8 cm³/mol. The molecule has 0 aromatic heterocycles. The van der Waals surface area contributed by atoms with Crippen LogP contribution in [0.2, 0.25) is 0 Å². The second-order valence-corrected chi connectivity index (χ2v) is 5.01. The average molecular weight is 204 g/mol. The monoisotopic (exact) mass is 204 g/mol. The molecule has 14 heavy (non-hydrogen) atoms. The summed E-state index contributed by atoms with van der Waals surface area (Å²) in [5.74, 6) is 0. The summed E-state index contributed by atoms with van der Waals surface area (Å²) >= 11 is 0. The van der Waals surface area contributed by atoms with Gasteiger partial charge in [-0.25, -0.2) is 0 Å². The standard InChI is InChI=1S/C10H20O4/c1-10(2,3)9-7(13)4-6(12)8(5-11)14-9/h6-9,11-13H,4-5H2,1-3H3/t6-,7+,8+,9?/m0/s1. The van der Waals surface area contributed by atoms with Crippen LogP contribution in [-0.4, -0.2) is 46.3 Å². The first-order valence-electron chi connectivity index (χ1n) is 4.98. The highest BCUT2D eigenvalue weighted by Gasteiger charge is 2.41. The zero-order valence-electron chi connectivity index (χ0n) is 8.97. The molecular weight excluding hydrogens is 184 g/mol. The van der Waals surface area contributed by atoms with E-state index in [1.54, 1.807) is 0 Å². The average Bonchev–Trinajstić information content (AvgIpc) is 2.02. The molecule has 1 aliphatic heterocycles. The molecule has 1 fully saturated rings. The fourth-order valence-electron chi connectivity index (χ4n) is 1.84. The zero-order chi connectivity index (χ0) is 10.9. The highest BCUT2D eigenvalue weighted by atomic mass is 16.5. The minimum Gasteiger partial charge on any atom is -0.394 e. The van der Waals surface area contributed by atoms with Gasteiger partial charge in [-0.15, -0.1) is 0 Å². The Bertz CT molecular complexity index is 187. The predicted octanol–water partition coefficient (Wildman–Crippen LogP) is -0.0959. The smallest absolute Gasteiger partial charge is 0.107 e. The highest BCUT2D eigenvalue weighted by molar-refractivity contribution is 4.90. The summed E-state index contributed by atoms with van der Waals surface area (Å²) in [4.78, 5) is 0. The Hall–Kier alpha value is -0.160. The summed E-state index contributed by atoms with van der Waals surface area (Å²) in [6.07, 6.45) is -2.06. The molecule has 1 heterocycles. The van der Waals surface area contributed by atoms with Crippen LogP contribution >= 0.6 is 0 Å². The van der Waals surface area contributed by atoms with E-state index in [0.717, 1.165) is 0 Å². The molecule has 0 bridgehead atoms. The van der Waals surface area contributed by atoms with Gasteiger partial charge in [-0.3, -0.25) is 0 Å². The molecule has 84 valence electrons. The molecule has 1 rings (SSSR count). The first-order valence-corrected chi connectivity index (χ1v) is 4.98. The maximum absolute atomic E-state index is 9.72. The fraction of sp³-hybridized carbons (Fsp3) is 1.00. The summed E-state index contributed by atoms with van der Waals surface area (Å²) in [5.41, 5.74) is -0.188. The van der Waals surface area contributed by atoms with E-state index in [-0.39, 0.29) is 24.5 Å². The summed E-state index contributed by atoms with van der Waals surface area (Å²) < 4.78 is 5.47. The molecule has 0 aromatic carbocycles. The van der Waals surface area contributed by atoms with Crippen LogP contribution in [0.3, 0.4) is 0 Å². The summed E-state index contributed by atoms with van der Waals surface area (Å²) in [7, 11) is 0. The fourth-order valence-corrected chi connectivity index (χ4v) is 1.84. The Morgan fingerprint density at radius 2 is 1.79 bits per heavy atom. The zero-order valence-corrected chi connectivity index (χ0v) is 8.97. The van der Waals surface area contributed by atoms with E-state index in [4.69, 9.17) is 9.84 Å². The Balaban J connectivity index is 2.69. The minimum atomic E-state index is -0.770. The van der Waals surface area contributed by atoms with Crippen molar-refractivity contribution in [1.29, 1.82) is 0 Å². The highest BCUT2D eigenvalue weighted by Crippen LogP contribution is 2.32. The van der Waals surface area contributed by atoms with Crippen molar-refractivity contribution >= 4 is 0 Å². The van der Waals surface area contributed by atoms with E-state index in [2.05, 4.69) is 0 Å². The molecule has 0 saturated carbocycles. The number of hydrogen-bond donors (Lipinski definition) is 3.